The molecule has 0 aliphatic rings. The minimum absolute atomic E-state index is 0.624. The number of rotatable bonds is 4. The lowest BCUT2D eigenvalue weighted by atomic mass is 10.1. The highest BCUT2D eigenvalue weighted by Gasteiger charge is 2.15. The quantitative estimate of drug-likeness (QED) is 0.876. The third kappa shape index (κ3) is 1.85. The van der Waals surface area contributed by atoms with Crippen molar-refractivity contribution in [2.75, 3.05) is 20.8 Å². The van der Waals surface area contributed by atoms with Gasteiger partial charge >= 0.3 is 0 Å². The van der Waals surface area contributed by atoms with Crippen LogP contribution in [0.4, 0.5) is 0 Å². The Kier molecular flexibility index (Phi) is 3.24. The first-order valence-electron chi connectivity index (χ1n) is 5.61. The van der Waals surface area contributed by atoms with Gasteiger partial charge in [0.15, 0.2) is 11.5 Å². The zero-order valence-corrected chi connectivity index (χ0v) is 10.5. The molecule has 0 radical (unpaired) electrons. The number of ether oxygens (including phenoxy) is 2. The van der Waals surface area contributed by atoms with Gasteiger partial charge in [-0.05, 0) is 30.7 Å². The molecule has 0 bridgehead atoms. The average Bonchev–Trinajstić information content (AvgIpc) is 2.72. The lowest BCUT2D eigenvalue weighted by molar-refractivity contribution is 0.357. The molecule has 0 atom stereocenters. The van der Waals surface area contributed by atoms with Crippen LogP contribution in [-0.4, -0.2) is 25.3 Å². The second kappa shape index (κ2) is 4.67. The fourth-order valence-electron chi connectivity index (χ4n) is 2.20. The van der Waals surface area contributed by atoms with Crippen LogP contribution in [0.3, 0.4) is 0 Å². The molecular formula is C13H18N2O2. The summed E-state index contributed by atoms with van der Waals surface area (Å²) < 4.78 is 12.9. The number of aryl methyl sites for hydroxylation is 1. The van der Waals surface area contributed by atoms with E-state index in [0.717, 1.165) is 23.4 Å². The molecule has 1 aromatic heterocycles. The van der Waals surface area contributed by atoms with Gasteiger partial charge in [-0.1, -0.05) is 0 Å². The Labute approximate surface area is 101 Å². The molecule has 0 fully saturated rings. The Hall–Kier alpha value is -1.68. The average molecular weight is 234 g/mol. The van der Waals surface area contributed by atoms with Crippen LogP contribution >= 0.6 is 0 Å². The number of hydrogen-bond donors (Lipinski definition) is 1. The maximum Gasteiger partial charge on any atom is 0.185 e. The minimum atomic E-state index is 0.624. The Morgan fingerprint density at radius 2 is 2.06 bits per heavy atom. The van der Waals surface area contributed by atoms with Crippen molar-refractivity contribution >= 4 is 10.9 Å². The molecule has 0 amide bonds. The number of methoxy groups -OCH3 is 2. The van der Waals surface area contributed by atoms with Crippen LogP contribution in [0.25, 0.3) is 10.9 Å². The Balaban J connectivity index is 2.77. The van der Waals surface area contributed by atoms with E-state index in [-0.39, 0.29) is 0 Å². The maximum absolute atomic E-state index is 5.64. The summed E-state index contributed by atoms with van der Waals surface area (Å²) in [4.78, 5) is 0. The summed E-state index contributed by atoms with van der Waals surface area (Å²) in [5, 5.41) is 1.18. The van der Waals surface area contributed by atoms with Crippen molar-refractivity contribution in [3.63, 3.8) is 0 Å². The highest BCUT2D eigenvalue weighted by molar-refractivity contribution is 5.91. The summed E-state index contributed by atoms with van der Waals surface area (Å²) >= 11 is 0. The van der Waals surface area contributed by atoms with E-state index in [4.69, 9.17) is 15.2 Å². The van der Waals surface area contributed by atoms with Crippen molar-refractivity contribution in [2.24, 2.45) is 12.8 Å². The van der Waals surface area contributed by atoms with E-state index in [2.05, 4.69) is 6.07 Å². The molecule has 0 aliphatic heterocycles. The summed E-state index contributed by atoms with van der Waals surface area (Å²) in [5.74, 6) is 1.53. The van der Waals surface area contributed by atoms with Gasteiger partial charge in [-0.15, -0.1) is 0 Å². The van der Waals surface area contributed by atoms with Gasteiger partial charge in [0.1, 0.15) is 0 Å². The Bertz CT molecular complexity index is 532. The second-order valence-corrected chi connectivity index (χ2v) is 4.00. The van der Waals surface area contributed by atoms with Gasteiger partial charge in [0, 0.05) is 18.6 Å². The first-order chi connectivity index (χ1) is 8.22. The molecule has 0 aliphatic carbocycles. The Morgan fingerprint density at radius 1 is 1.29 bits per heavy atom. The van der Waals surface area contributed by atoms with Gasteiger partial charge in [0.2, 0.25) is 0 Å². The summed E-state index contributed by atoms with van der Waals surface area (Å²) in [6.07, 6.45) is 2.85. The monoisotopic (exact) mass is 234 g/mol. The standard InChI is InChI=1S/C13H18N2O2/c1-15-7-5-10-9(4-6-14)8-11(16-2)13(17-3)12(10)15/h5,7-8H,4,6,14H2,1-3H3. The fraction of sp³-hybridized carbons (Fsp3) is 0.385. The van der Waals surface area contributed by atoms with Gasteiger partial charge in [-0.3, -0.25) is 0 Å². The molecule has 1 heterocycles. The van der Waals surface area contributed by atoms with Crippen LogP contribution in [-0.2, 0) is 13.5 Å². The Morgan fingerprint density at radius 3 is 2.65 bits per heavy atom. The van der Waals surface area contributed by atoms with Gasteiger partial charge in [0.05, 0.1) is 19.7 Å². The number of fused-ring (bicyclic) bond motifs is 1. The predicted molar refractivity (Wildman–Crippen MR) is 68.8 cm³/mol. The first kappa shape index (κ1) is 11.8. The van der Waals surface area contributed by atoms with E-state index in [0.29, 0.717) is 6.54 Å². The number of nitrogens with two attached hydrogens (primary N) is 1. The topological polar surface area (TPSA) is 49.4 Å². The van der Waals surface area contributed by atoms with Crippen molar-refractivity contribution < 1.29 is 9.47 Å². The number of nitrogens with zero attached hydrogens (tertiary/aromatic N) is 1. The van der Waals surface area contributed by atoms with E-state index in [1.165, 1.54) is 10.9 Å². The van der Waals surface area contributed by atoms with E-state index < -0.39 is 0 Å². The lowest BCUT2D eigenvalue weighted by Crippen LogP contribution is -2.04. The van der Waals surface area contributed by atoms with Crippen LogP contribution in [0.5, 0.6) is 11.5 Å². The minimum Gasteiger partial charge on any atom is -0.493 e. The summed E-state index contributed by atoms with van der Waals surface area (Å²) in [6, 6.07) is 4.09. The zero-order valence-electron chi connectivity index (χ0n) is 10.5. The normalized spacial score (nSPS) is 10.8. The molecule has 0 spiro atoms. The van der Waals surface area contributed by atoms with Crippen molar-refractivity contribution in [3.05, 3.63) is 23.9 Å². The van der Waals surface area contributed by atoms with E-state index >= 15 is 0 Å². The number of aromatic nitrogens is 1. The molecule has 4 nitrogen and oxygen atoms in total. The summed E-state index contributed by atoms with van der Waals surface area (Å²) in [7, 11) is 5.31. The predicted octanol–water partition coefficient (Wildman–Crippen LogP) is 1.70. The van der Waals surface area contributed by atoms with Gasteiger partial charge in [-0.25, -0.2) is 0 Å². The van der Waals surface area contributed by atoms with Crippen LogP contribution in [0.1, 0.15) is 5.56 Å². The van der Waals surface area contributed by atoms with Crippen LogP contribution in [0.2, 0.25) is 0 Å². The molecular weight excluding hydrogens is 216 g/mol. The van der Waals surface area contributed by atoms with Crippen LogP contribution < -0.4 is 15.2 Å². The van der Waals surface area contributed by atoms with Crippen molar-refractivity contribution in [2.45, 2.75) is 6.42 Å². The first-order valence-corrected chi connectivity index (χ1v) is 5.61. The van der Waals surface area contributed by atoms with Gasteiger partial charge < -0.3 is 19.8 Å². The molecule has 1 aromatic carbocycles. The van der Waals surface area contributed by atoms with Crippen molar-refractivity contribution in [3.8, 4) is 11.5 Å². The molecule has 2 N–H and O–H groups in total. The summed E-state index contributed by atoms with van der Waals surface area (Å²) in [6.45, 7) is 0.624. The highest BCUT2D eigenvalue weighted by atomic mass is 16.5. The van der Waals surface area contributed by atoms with E-state index in [1.54, 1.807) is 14.2 Å². The molecule has 0 unspecified atom stereocenters. The molecule has 4 heteroatoms. The van der Waals surface area contributed by atoms with Crippen molar-refractivity contribution in [1.29, 1.82) is 0 Å². The van der Waals surface area contributed by atoms with Crippen LogP contribution in [0, 0.1) is 0 Å². The molecule has 0 saturated carbocycles. The SMILES string of the molecule is COc1cc(CCN)c2ccn(C)c2c1OC. The third-order valence-electron chi connectivity index (χ3n) is 3.00. The largest absolute Gasteiger partial charge is 0.493 e. The fourth-order valence-corrected chi connectivity index (χ4v) is 2.20. The molecule has 2 rings (SSSR count). The number of hydrogen-bond acceptors (Lipinski definition) is 3. The number of benzene rings is 1. The highest BCUT2D eigenvalue weighted by Crippen LogP contribution is 2.38. The molecule has 92 valence electrons. The smallest absolute Gasteiger partial charge is 0.185 e. The van der Waals surface area contributed by atoms with Crippen molar-refractivity contribution in [1.82, 2.24) is 4.57 Å². The molecule has 2 aromatic rings. The third-order valence-corrected chi connectivity index (χ3v) is 3.00. The van der Waals surface area contributed by atoms with E-state index in [9.17, 15) is 0 Å². The zero-order chi connectivity index (χ0) is 12.4. The molecule has 17 heavy (non-hydrogen) atoms. The lowest BCUT2D eigenvalue weighted by Gasteiger charge is -2.13. The van der Waals surface area contributed by atoms with Gasteiger partial charge in [-0.2, -0.15) is 0 Å². The van der Waals surface area contributed by atoms with Crippen LogP contribution in [0.15, 0.2) is 18.3 Å². The second-order valence-electron chi connectivity index (χ2n) is 4.00. The van der Waals surface area contributed by atoms with E-state index in [1.807, 2.05) is 23.9 Å². The summed E-state index contributed by atoms with van der Waals surface area (Å²) in [5.41, 5.74) is 7.89. The molecule has 0 saturated heterocycles. The maximum atomic E-state index is 5.64. The van der Waals surface area contributed by atoms with Gasteiger partial charge in [0.25, 0.3) is 0 Å².